The molecule has 3 heteroatoms. The first-order valence-corrected chi connectivity index (χ1v) is 5.31. The highest BCUT2D eigenvalue weighted by Gasteiger charge is 2.15. The Hall–Kier alpha value is -0.570. The summed E-state index contributed by atoms with van der Waals surface area (Å²) in [4.78, 5) is 13.4. The van der Waals surface area contributed by atoms with Gasteiger partial charge in [0.05, 0.1) is 6.42 Å². The van der Waals surface area contributed by atoms with Crippen molar-refractivity contribution in [1.29, 1.82) is 0 Å². The van der Waals surface area contributed by atoms with Gasteiger partial charge in [-0.1, -0.05) is 20.8 Å². The number of rotatable bonds is 6. The molecule has 0 bridgehead atoms. The number of hydrogen-bond donors (Lipinski definition) is 0. The van der Waals surface area contributed by atoms with Crippen LogP contribution in [0.5, 0.6) is 0 Å². The lowest BCUT2D eigenvalue weighted by molar-refractivity contribution is -0.151. The van der Waals surface area contributed by atoms with Crippen LogP contribution >= 0.6 is 0 Å². The van der Waals surface area contributed by atoms with Gasteiger partial charge in [-0.25, -0.2) is 0 Å². The van der Waals surface area contributed by atoms with Crippen LogP contribution in [0.25, 0.3) is 0 Å². The predicted molar refractivity (Wildman–Crippen MR) is 58.2 cm³/mol. The Morgan fingerprint density at radius 2 is 1.93 bits per heavy atom. The first-order chi connectivity index (χ1) is 6.47. The van der Waals surface area contributed by atoms with Crippen molar-refractivity contribution in [1.82, 2.24) is 4.90 Å². The molecule has 0 aliphatic heterocycles. The topological polar surface area (TPSA) is 29.5 Å². The van der Waals surface area contributed by atoms with Crippen LogP contribution in [0.2, 0.25) is 0 Å². The third-order valence-corrected chi connectivity index (χ3v) is 2.19. The van der Waals surface area contributed by atoms with Crippen molar-refractivity contribution in [2.75, 3.05) is 20.6 Å². The largest absolute Gasteiger partial charge is 0.462 e. The predicted octanol–water partition coefficient (Wildman–Crippen LogP) is 1.92. The van der Waals surface area contributed by atoms with Gasteiger partial charge in [-0.2, -0.15) is 0 Å². The number of ether oxygens (including phenoxy) is 1. The maximum Gasteiger partial charge on any atom is 0.307 e. The van der Waals surface area contributed by atoms with E-state index in [4.69, 9.17) is 4.74 Å². The van der Waals surface area contributed by atoms with Crippen LogP contribution in [0.15, 0.2) is 0 Å². The Morgan fingerprint density at radius 1 is 1.36 bits per heavy atom. The highest BCUT2D eigenvalue weighted by atomic mass is 16.5. The van der Waals surface area contributed by atoms with Crippen molar-refractivity contribution in [2.45, 2.75) is 39.7 Å². The highest BCUT2D eigenvalue weighted by molar-refractivity contribution is 5.69. The van der Waals surface area contributed by atoms with E-state index in [1.165, 1.54) is 0 Å². The zero-order valence-electron chi connectivity index (χ0n) is 10.0. The highest BCUT2D eigenvalue weighted by Crippen LogP contribution is 2.11. The average molecular weight is 201 g/mol. The summed E-state index contributed by atoms with van der Waals surface area (Å²) in [5.41, 5.74) is 0. The third-order valence-electron chi connectivity index (χ3n) is 2.19. The Kier molecular flexibility index (Phi) is 6.54. The molecule has 0 radical (unpaired) electrons. The molecule has 0 saturated carbocycles. The maximum absolute atomic E-state index is 11.4. The van der Waals surface area contributed by atoms with Crippen molar-refractivity contribution in [2.24, 2.45) is 5.92 Å². The van der Waals surface area contributed by atoms with E-state index in [1.807, 2.05) is 25.9 Å². The number of hydrogen-bond acceptors (Lipinski definition) is 3. The van der Waals surface area contributed by atoms with Crippen molar-refractivity contribution >= 4 is 5.97 Å². The average Bonchev–Trinajstić information content (AvgIpc) is 2.10. The third kappa shape index (κ3) is 5.97. The second kappa shape index (κ2) is 6.82. The normalized spacial score (nSPS) is 13.4. The first-order valence-electron chi connectivity index (χ1n) is 5.31. The summed E-state index contributed by atoms with van der Waals surface area (Å²) in [5.74, 6) is 0.322. The van der Waals surface area contributed by atoms with Crippen molar-refractivity contribution in [3.05, 3.63) is 0 Å². The molecule has 0 heterocycles. The zero-order chi connectivity index (χ0) is 11.1. The van der Waals surface area contributed by atoms with Gasteiger partial charge in [-0.15, -0.1) is 0 Å². The summed E-state index contributed by atoms with van der Waals surface area (Å²) < 4.78 is 5.35. The van der Waals surface area contributed by atoms with Gasteiger partial charge in [0.2, 0.25) is 0 Å². The molecular formula is C11H23NO2. The number of carbonyl (C=O) groups excluding carboxylic acids is 1. The molecule has 0 saturated heterocycles. The Morgan fingerprint density at radius 3 is 2.29 bits per heavy atom. The molecule has 3 nitrogen and oxygen atoms in total. The lowest BCUT2D eigenvalue weighted by atomic mass is 10.1. The minimum Gasteiger partial charge on any atom is -0.462 e. The fraction of sp³-hybridized carbons (Fsp3) is 0.909. The molecule has 0 N–H and O–H groups in total. The molecule has 0 fully saturated rings. The monoisotopic (exact) mass is 201 g/mol. The van der Waals surface area contributed by atoms with Gasteiger partial charge in [-0.3, -0.25) is 4.79 Å². The summed E-state index contributed by atoms with van der Waals surface area (Å²) in [6.07, 6.45) is 1.45. The number of nitrogens with zero attached hydrogens (tertiary/aromatic N) is 1. The minimum absolute atomic E-state index is 0.0738. The quantitative estimate of drug-likeness (QED) is 0.615. The lowest BCUT2D eigenvalue weighted by Gasteiger charge is -2.20. The second-order valence-corrected chi connectivity index (χ2v) is 4.23. The van der Waals surface area contributed by atoms with E-state index in [2.05, 4.69) is 13.8 Å². The molecule has 0 aromatic heterocycles. The van der Waals surface area contributed by atoms with Gasteiger partial charge in [0.1, 0.15) is 6.10 Å². The molecule has 14 heavy (non-hydrogen) atoms. The van der Waals surface area contributed by atoms with Gasteiger partial charge in [0.25, 0.3) is 0 Å². The van der Waals surface area contributed by atoms with Crippen molar-refractivity contribution in [3.8, 4) is 0 Å². The Labute approximate surface area is 87.4 Å². The van der Waals surface area contributed by atoms with Crippen LogP contribution in [0.4, 0.5) is 0 Å². The molecule has 0 amide bonds. The smallest absolute Gasteiger partial charge is 0.307 e. The van der Waals surface area contributed by atoms with Gasteiger partial charge in [0.15, 0.2) is 0 Å². The second-order valence-electron chi connectivity index (χ2n) is 4.23. The van der Waals surface area contributed by atoms with E-state index >= 15 is 0 Å². The van der Waals surface area contributed by atoms with Gasteiger partial charge >= 0.3 is 5.97 Å². The Bertz CT molecular complexity index is 167. The lowest BCUT2D eigenvalue weighted by Crippen LogP contribution is -2.25. The molecule has 1 atom stereocenters. The summed E-state index contributed by atoms with van der Waals surface area (Å²) in [6.45, 7) is 6.96. The molecule has 0 spiro atoms. The Balaban J connectivity index is 3.79. The van der Waals surface area contributed by atoms with Crippen LogP contribution in [0.1, 0.15) is 33.6 Å². The maximum atomic E-state index is 11.4. The first kappa shape index (κ1) is 13.4. The van der Waals surface area contributed by atoms with Crippen LogP contribution < -0.4 is 0 Å². The minimum atomic E-state index is -0.0840. The van der Waals surface area contributed by atoms with Crippen LogP contribution in [-0.4, -0.2) is 37.6 Å². The van der Waals surface area contributed by atoms with E-state index < -0.39 is 0 Å². The van der Waals surface area contributed by atoms with Gasteiger partial charge in [0, 0.05) is 6.54 Å². The molecule has 0 aromatic rings. The van der Waals surface area contributed by atoms with E-state index in [-0.39, 0.29) is 12.1 Å². The fourth-order valence-electron chi connectivity index (χ4n) is 1.23. The molecule has 1 unspecified atom stereocenters. The SMILES string of the molecule is CCC(OC(=O)CCN(C)C)C(C)C. The van der Waals surface area contributed by atoms with Crippen LogP contribution in [0, 0.1) is 5.92 Å². The molecule has 84 valence electrons. The zero-order valence-corrected chi connectivity index (χ0v) is 10.0. The van der Waals surface area contributed by atoms with Crippen molar-refractivity contribution < 1.29 is 9.53 Å². The summed E-state index contributed by atoms with van der Waals surface area (Å²) in [6, 6.07) is 0. The van der Waals surface area contributed by atoms with E-state index in [0.717, 1.165) is 13.0 Å². The standard InChI is InChI=1S/C11H23NO2/c1-6-10(9(2)3)14-11(13)7-8-12(4)5/h9-10H,6-8H2,1-5H3. The molecular weight excluding hydrogens is 178 g/mol. The summed E-state index contributed by atoms with van der Waals surface area (Å²) >= 11 is 0. The molecule has 0 rings (SSSR count). The summed E-state index contributed by atoms with van der Waals surface area (Å²) in [7, 11) is 3.90. The van der Waals surface area contributed by atoms with Gasteiger partial charge in [-0.05, 0) is 26.4 Å². The van der Waals surface area contributed by atoms with Crippen molar-refractivity contribution in [3.63, 3.8) is 0 Å². The van der Waals surface area contributed by atoms with Crippen LogP contribution in [0.3, 0.4) is 0 Å². The molecule has 0 aliphatic carbocycles. The van der Waals surface area contributed by atoms with E-state index in [0.29, 0.717) is 12.3 Å². The number of carbonyl (C=O) groups is 1. The van der Waals surface area contributed by atoms with Crippen LogP contribution in [-0.2, 0) is 9.53 Å². The molecule has 0 aromatic carbocycles. The molecule has 0 aliphatic rings. The number of esters is 1. The van der Waals surface area contributed by atoms with E-state index in [9.17, 15) is 4.79 Å². The fourth-order valence-corrected chi connectivity index (χ4v) is 1.23. The summed E-state index contributed by atoms with van der Waals surface area (Å²) in [5, 5.41) is 0. The van der Waals surface area contributed by atoms with E-state index in [1.54, 1.807) is 0 Å². The van der Waals surface area contributed by atoms with Gasteiger partial charge < -0.3 is 9.64 Å².